The van der Waals surface area contributed by atoms with Gasteiger partial charge < -0.3 is 14.4 Å². The lowest BCUT2D eigenvalue weighted by molar-refractivity contribution is -0.140. The molecule has 2 aromatic carbocycles. The average Bonchev–Trinajstić information content (AvgIpc) is 3.31. The summed E-state index contributed by atoms with van der Waals surface area (Å²) in [6.07, 6.45) is 1.53. The Bertz CT molecular complexity index is 1080. The fourth-order valence-electron chi connectivity index (χ4n) is 3.58. The minimum Gasteiger partial charge on any atom is -0.507 e. The van der Waals surface area contributed by atoms with E-state index >= 15 is 0 Å². The number of Topliss-reactive ketones (excluding diaryl/α,β-unsaturated/α-hetero) is 1. The van der Waals surface area contributed by atoms with Crippen molar-refractivity contribution in [2.45, 2.75) is 26.4 Å². The summed E-state index contributed by atoms with van der Waals surface area (Å²) in [6.45, 7) is 4.05. The molecule has 1 N–H and O–H groups in total. The second kappa shape index (κ2) is 7.43. The monoisotopic (exact) mass is 387 g/mol. The number of ketones is 1. The van der Waals surface area contributed by atoms with Crippen LogP contribution in [-0.2, 0) is 16.1 Å². The minimum absolute atomic E-state index is 0.0919. The first-order chi connectivity index (χ1) is 14.0. The molecule has 0 spiro atoms. The molecule has 29 heavy (non-hydrogen) atoms. The standard InChI is InChI=1S/C24H21NO4/c1-15-5-9-17(10-6-15)21-20(22(26)18-11-7-16(2)8-12-18)23(27)24(28)25(21)14-19-4-3-13-29-19/h3-13,21,26H,14H2,1-2H3/b22-20-. The van der Waals surface area contributed by atoms with Crippen molar-refractivity contribution in [3.63, 3.8) is 0 Å². The Morgan fingerprint density at radius 3 is 2.17 bits per heavy atom. The van der Waals surface area contributed by atoms with Crippen LogP contribution in [0.3, 0.4) is 0 Å². The first-order valence-corrected chi connectivity index (χ1v) is 9.40. The molecule has 1 atom stereocenters. The highest BCUT2D eigenvalue weighted by atomic mass is 16.3. The van der Waals surface area contributed by atoms with Crippen molar-refractivity contribution < 1.29 is 19.1 Å². The van der Waals surface area contributed by atoms with Gasteiger partial charge in [-0.05, 0) is 31.5 Å². The summed E-state index contributed by atoms with van der Waals surface area (Å²) in [5.74, 6) is -0.948. The molecule has 0 radical (unpaired) electrons. The van der Waals surface area contributed by atoms with Crippen LogP contribution in [0, 0.1) is 13.8 Å². The SMILES string of the molecule is Cc1ccc(/C(O)=C2/C(=O)C(=O)N(Cc3ccco3)C2c2ccc(C)cc2)cc1. The molecule has 1 saturated heterocycles. The number of carbonyl (C=O) groups excluding carboxylic acids is 2. The summed E-state index contributed by atoms with van der Waals surface area (Å²) < 4.78 is 5.39. The van der Waals surface area contributed by atoms with Crippen molar-refractivity contribution in [2.24, 2.45) is 0 Å². The highest BCUT2D eigenvalue weighted by molar-refractivity contribution is 6.46. The number of hydrogen-bond acceptors (Lipinski definition) is 4. The summed E-state index contributed by atoms with van der Waals surface area (Å²) in [5, 5.41) is 11.0. The van der Waals surface area contributed by atoms with Crippen LogP contribution < -0.4 is 0 Å². The number of aryl methyl sites for hydroxylation is 2. The summed E-state index contributed by atoms with van der Waals surface area (Å²) in [6, 6.07) is 17.6. The topological polar surface area (TPSA) is 70.8 Å². The number of amides is 1. The maximum Gasteiger partial charge on any atom is 0.296 e. The molecule has 1 unspecified atom stereocenters. The van der Waals surface area contributed by atoms with Gasteiger partial charge in [0, 0.05) is 5.56 Å². The van der Waals surface area contributed by atoms with E-state index in [1.165, 1.54) is 11.2 Å². The molecule has 1 fully saturated rings. The number of furan rings is 1. The van der Waals surface area contributed by atoms with Gasteiger partial charge in [-0.1, -0.05) is 59.7 Å². The maximum absolute atomic E-state index is 12.9. The quantitative estimate of drug-likeness (QED) is 0.406. The Morgan fingerprint density at radius 1 is 0.966 bits per heavy atom. The van der Waals surface area contributed by atoms with Crippen LogP contribution in [0.15, 0.2) is 76.9 Å². The van der Waals surface area contributed by atoms with Gasteiger partial charge >= 0.3 is 0 Å². The van der Waals surface area contributed by atoms with Crippen molar-refractivity contribution >= 4 is 17.4 Å². The van der Waals surface area contributed by atoms with E-state index in [1.54, 1.807) is 24.3 Å². The summed E-state index contributed by atoms with van der Waals surface area (Å²) in [4.78, 5) is 27.3. The van der Waals surface area contributed by atoms with Crippen molar-refractivity contribution in [1.82, 2.24) is 4.90 Å². The number of nitrogens with zero attached hydrogens (tertiary/aromatic N) is 1. The van der Waals surface area contributed by atoms with Gasteiger partial charge in [-0.25, -0.2) is 0 Å². The van der Waals surface area contributed by atoms with Gasteiger partial charge in [0.1, 0.15) is 11.5 Å². The van der Waals surface area contributed by atoms with Gasteiger partial charge in [-0.15, -0.1) is 0 Å². The van der Waals surface area contributed by atoms with Crippen molar-refractivity contribution in [2.75, 3.05) is 0 Å². The molecule has 1 aromatic heterocycles. The van der Waals surface area contributed by atoms with Crippen LogP contribution in [0.2, 0.25) is 0 Å². The molecule has 4 rings (SSSR count). The van der Waals surface area contributed by atoms with Gasteiger partial charge in [0.05, 0.1) is 24.4 Å². The minimum atomic E-state index is -0.694. The normalized spacial score (nSPS) is 18.4. The molecule has 5 nitrogen and oxygen atoms in total. The number of likely N-dealkylation sites (tertiary alicyclic amines) is 1. The Kier molecular flexibility index (Phi) is 4.80. The predicted molar refractivity (Wildman–Crippen MR) is 109 cm³/mol. The maximum atomic E-state index is 12.9. The van der Waals surface area contributed by atoms with E-state index in [0.29, 0.717) is 11.3 Å². The van der Waals surface area contributed by atoms with Crippen molar-refractivity contribution in [3.05, 3.63) is 101 Å². The van der Waals surface area contributed by atoms with E-state index in [9.17, 15) is 14.7 Å². The summed E-state index contributed by atoms with van der Waals surface area (Å²) in [7, 11) is 0. The second-order valence-electron chi connectivity index (χ2n) is 7.28. The number of aliphatic hydroxyl groups is 1. The first kappa shape index (κ1) is 18.7. The Labute approximate surface area is 168 Å². The van der Waals surface area contributed by atoms with Crippen LogP contribution in [0.5, 0.6) is 0 Å². The molecule has 2 heterocycles. The van der Waals surface area contributed by atoms with Gasteiger partial charge in [0.25, 0.3) is 11.7 Å². The molecule has 0 bridgehead atoms. The van der Waals surface area contributed by atoms with E-state index < -0.39 is 17.7 Å². The van der Waals surface area contributed by atoms with E-state index in [1.807, 2.05) is 50.2 Å². The second-order valence-corrected chi connectivity index (χ2v) is 7.28. The van der Waals surface area contributed by atoms with E-state index in [0.717, 1.165) is 16.7 Å². The van der Waals surface area contributed by atoms with Crippen LogP contribution in [0.4, 0.5) is 0 Å². The first-order valence-electron chi connectivity index (χ1n) is 9.40. The predicted octanol–water partition coefficient (Wildman–Crippen LogP) is 4.52. The fraction of sp³-hybridized carbons (Fsp3) is 0.167. The molecule has 0 saturated carbocycles. The molecule has 1 aliphatic heterocycles. The van der Waals surface area contributed by atoms with Gasteiger partial charge in [-0.2, -0.15) is 0 Å². The zero-order valence-electron chi connectivity index (χ0n) is 16.3. The Hall–Kier alpha value is -3.60. The zero-order valence-corrected chi connectivity index (χ0v) is 16.3. The Morgan fingerprint density at radius 2 is 1.59 bits per heavy atom. The number of rotatable bonds is 4. The lowest BCUT2D eigenvalue weighted by Gasteiger charge is -2.24. The number of carbonyl (C=O) groups is 2. The van der Waals surface area contributed by atoms with E-state index in [2.05, 4.69) is 0 Å². The highest BCUT2D eigenvalue weighted by Crippen LogP contribution is 2.40. The van der Waals surface area contributed by atoms with E-state index in [-0.39, 0.29) is 17.9 Å². The number of benzene rings is 2. The third-order valence-corrected chi connectivity index (χ3v) is 5.16. The van der Waals surface area contributed by atoms with Crippen LogP contribution in [0.1, 0.15) is 34.1 Å². The summed E-state index contributed by atoms with van der Waals surface area (Å²) in [5.41, 5.74) is 3.46. The lowest BCUT2D eigenvalue weighted by Crippen LogP contribution is -2.29. The van der Waals surface area contributed by atoms with Crippen molar-refractivity contribution in [1.29, 1.82) is 0 Å². The smallest absolute Gasteiger partial charge is 0.296 e. The van der Waals surface area contributed by atoms with Crippen LogP contribution in [0.25, 0.3) is 5.76 Å². The largest absolute Gasteiger partial charge is 0.507 e. The molecular weight excluding hydrogens is 366 g/mol. The molecule has 0 aliphatic carbocycles. The average molecular weight is 387 g/mol. The fourth-order valence-corrected chi connectivity index (χ4v) is 3.58. The number of aliphatic hydroxyl groups excluding tert-OH is 1. The van der Waals surface area contributed by atoms with Crippen LogP contribution in [-0.4, -0.2) is 21.7 Å². The molecule has 5 heteroatoms. The van der Waals surface area contributed by atoms with Gasteiger partial charge in [-0.3, -0.25) is 9.59 Å². The third kappa shape index (κ3) is 3.47. The van der Waals surface area contributed by atoms with Gasteiger partial charge in [0.15, 0.2) is 0 Å². The van der Waals surface area contributed by atoms with E-state index in [4.69, 9.17) is 4.42 Å². The zero-order chi connectivity index (χ0) is 20.5. The third-order valence-electron chi connectivity index (χ3n) is 5.16. The van der Waals surface area contributed by atoms with Gasteiger partial charge in [0.2, 0.25) is 0 Å². The lowest BCUT2D eigenvalue weighted by atomic mass is 9.94. The highest BCUT2D eigenvalue weighted by Gasteiger charge is 2.46. The Balaban J connectivity index is 1.86. The molecule has 1 aliphatic rings. The number of hydrogen-bond donors (Lipinski definition) is 1. The van der Waals surface area contributed by atoms with Crippen LogP contribution >= 0.6 is 0 Å². The molecular formula is C24H21NO4. The van der Waals surface area contributed by atoms with Crippen molar-refractivity contribution in [3.8, 4) is 0 Å². The molecule has 3 aromatic rings. The molecule has 146 valence electrons. The summed E-state index contributed by atoms with van der Waals surface area (Å²) >= 11 is 0. The molecule has 1 amide bonds.